The smallest absolute Gasteiger partial charge is 0.339 e. The van der Waals surface area contributed by atoms with Crippen molar-refractivity contribution in [2.75, 3.05) is 6.61 Å². The first kappa shape index (κ1) is 28.1. The quantitative estimate of drug-likeness (QED) is 0.284. The van der Waals surface area contributed by atoms with E-state index in [1.165, 1.54) is 6.92 Å². The summed E-state index contributed by atoms with van der Waals surface area (Å²) in [5.74, 6) is -2.62. The Balaban J connectivity index is 1.75. The first-order valence-electron chi connectivity index (χ1n) is 12.5. The van der Waals surface area contributed by atoms with Gasteiger partial charge in [0.05, 0.1) is 0 Å². The van der Waals surface area contributed by atoms with E-state index in [9.17, 15) is 24.0 Å². The van der Waals surface area contributed by atoms with Crippen LogP contribution in [0.5, 0.6) is 5.75 Å². The molecule has 5 atom stereocenters. The Morgan fingerprint density at radius 3 is 2.10 bits per heavy atom. The van der Waals surface area contributed by atoms with E-state index in [0.29, 0.717) is 23.1 Å². The Morgan fingerprint density at radius 2 is 1.46 bits per heavy atom. The van der Waals surface area contributed by atoms with Crippen LogP contribution in [0.25, 0.3) is 11.0 Å². The van der Waals surface area contributed by atoms with Crippen molar-refractivity contribution in [2.24, 2.45) is 0 Å². The van der Waals surface area contributed by atoms with Crippen LogP contribution in [-0.4, -0.2) is 61.2 Å². The third-order valence-corrected chi connectivity index (χ3v) is 6.53. The molecule has 0 amide bonds. The molecule has 1 aromatic heterocycles. The zero-order valence-corrected chi connectivity index (χ0v) is 22.3. The van der Waals surface area contributed by atoms with Crippen LogP contribution < -0.4 is 10.4 Å². The maximum Gasteiger partial charge on any atom is 0.339 e. The lowest BCUT2D eigenvalue weighted by Gasteiger charge is -2.44. The molecule has 12 heteroatoms. The Bertz CT molecular complexity index is 1360. The molecule has 0 saturated carbocycles. The lowest BCUT2D eigenvalue weighted by Crippen LogP contribution is -2.63. The predicted octanol–water partition coefficient (Wildman–Crippen LogP) is 2.05. The van der Waals surface area contributed by atoms with E-state index in [1.54, 1.807) is 19.1 Å². The van der Waals surface area contributed by atoms with Crippen LogP contribution in [0, 0.1) is 6.92 Å². The fourth-order valence-electron chi connectivity index (χ4n) is 5.00. The molecule has 1 saturated heterocycles. The summed E-state index contributed by atoms with van der Waals surface area (Å²) >= 11 is 0. The summed E-state index contributed by atoms with van der Waals surface area (Å²) in [7, 11) is 0. The molecule has 2 aliphatic rings. The van der Waals surface area contributed by atoms with E-state index in [4.69, 9.17) is 32.8 Å². The fourth-order valence-corrected chi connectivity index (χ4v) is 5.00. The zero-order chi connectivity index (χ0) is 28.4. The SMILES string of the molecule is CC(=O)OC[C@H]1O[C@H](Oc2ccc3c4c(c(=O)oc3c2C)CCC4)[C@H](OC(C)=O)[C@@H](OC(C)=O)[C@@H]1OC(C)=O. The minimum atomic E-state index is -1.40. The van der Waals surface area contributed by atoms with Crippen LogP contribution in [0.2, 0.25) is 0 Å². The van der Waals surface area contributed by atoms with Crippen LogP contribution >= 0.6 is 0 Å². The molecule has 12 nitrogen and oxygen atoms in total. The van der Waals surface area contributed by atoms with Gasteiger partial charge in [-0.3, -0.25) is 19.2 Å². The molecule has 0 radical (unpaired) electrons. The molecular weight excluding hydrogens is 516 g/mol. The highest BCUT2D eigenvalue weighted by Gasteiger charge is 2.53. The van der Waals surface area contributed by atoms with Gasteiger partial charge in [0.25, 0.3) is 0 Å². The molecule has 0 bridgehead atoms. The molecule has 2 heterocycles. The van der Waals surface area contributed by atoms with Gasteiger partial charge >= 0.3 is 29.5 Å². The van der Waals surface area contributed by atoms with Gasteiger partial charge in [0.15, 0.2) is 12.2 Å². The van der Waals surface area contributed by atoms with Crippen LogP contribution in [-0.2, 0) is 55.7 Å². The number of hydrogen-bond acceptors (Lipinski definition) is 12. The van der Waals surface area contributed by atoms with Gasteiger partial charge in [-0.2, -0.15) is 0 Å². The highest BCUT2D eigenvalue weighted by atomic mass is 16.7. The Labute approximate surface area is 223 Å². The maximum absolute atomic E-state index is 12.6. The molecule has 2 aromatic rings. The Kier molecular flexibility index (Phi) is 8.24. The second-order valence-corrected chi connectivity index (χ2v) is 9.45. The molecule has 1 aliphatic heterocycles. The second-order valence-electron chi connectivity index (χ2n) is 9.45. The van der Waals surface area contributed by atoms with Gasteiger partial charge in [-0.25, -0.2) is 4.79 Å². The van der Waals surface area contributed by atoms with Crippen molar-refractivity contribution >= 4 is 34.8 Å². The number of hydrogen-bond donors (Lipinski definition) is 0. The van der Waals surface area contributed by atoms with Gasteiger partial charge in [-0.05, 0) is 43.9 Å². The van der Waals surface area contributed by atoms with Crippen LogP contribution in [0.15, 0.2) is 21.3 Å². The van der Waals surface area contributed by atoms with E-state index >= 15 is 0 Å². The Hall–Kier alpha value is -3.93. The van der Waals surface area contributed by atoms with E-state index in [-0.39, 0.29) is 12.4 Å². The average Bonchev–Trinajstić information content (AvgIpc) is 3.34. The van der Waals surface area contributed by atoms with Gasteiger partial charge in [-0.1, -0.05) is 0 Å². The first-order chi connectivity index (χ1) is 18.5. The molecular formula is C27H30O12. The second kappa shape index (κ2) is 11.4. The normalized spacial score (nSPS) is 24.0. The molecule has 0 unspecified atom stereocenters. The van der Waals surface area contributed by atoms with E-state index < -0.39 is 60.2 Å². The summed E-state index contributed by atoms with van der Waals surface area (Å²) in [6.45, 7) is 5.93. The standard InChI is InChI=1S/C27H30O12/c1-12-20(10-9-18-17-7-6-8-19(17)26(32)39-22(12)18)37-27-25(36-16(5)31)24(35-15(4)30)23(34-14(3)29)21(38-27)11-33-13(2)28/h9-10,21,23-25,27H,6-8,11H2,1-5H3/t21-,23-,24+,25-,27+/m1/s1. The number of carbonyl (C=O) groups excluding carboxylic acids is 4. The molecule has 0 N–H and O–H groups in total. The molecule has 1 aromatic carbocycles. The minimum Gasteiger partial charge on any atom is -0.463 e. The van der Waals surface area contributed by atoms with Gasteiger partial charge < -0.3 is 32.8 Å². The number of carbonyl (C=O) groups is 4. The van der Waals surface area contributed by atoms with Gasteiger partial charge in [0, 0.05) is 44.2 Å². The van der Waals surface area contributed by atoms with E-state index in [1.807, 2.05) is 0 Å². The third-order valence-electron chi connectivity index (χ3n) is 6.53. The van der Waals surface area contributed by atoms with Crippen molar-refractivity contribution in [1.82, 2.24) is 0 Å². The molecule has 0 spiro atoms. The van der Waals surface area contributed by atoms with Crippen molar-refractivity contribution < 1.29 is 52.0 Å². The van der Waals surface area contributed by atoms with Crippen LogP contribution in [0.3, 0.4) is 0 Å². The number of rotatable bonds is 7. The molecule has 1 fully saturated rings. The predicted molar refractivity (Wildman–Crippen MR) is 132 cm³/mol. The molecule has 4 rings (SSSR count). The van der Waals surface area contributed by atoms with Crippen molar-refractivity contribution in [2.45, 2.75) is 84.6 Å². The number of ether oxygens (including phenoxy) is 6. The highest BCUT2D eigenvalue weighted by molar-refractivity contribution is 5.86. The lowest BCUT2D eigenvalue weighted by atomic mass is 9.98. The summed E-state index contributed by atoms with van der Waals surface area (Å²) in [6.07, 6.45) is -4.31. The topological polar surface area (TPSA) is 154 Å². The molecule has 1 aliphatic carbocycles. The van der Waals surface area contributed by atoms with Gasteiger partial charge in [-0.15, -0.1) is 0 Å². The molecule has 39 heavy (non-hydrogen) atoms. The summed E-state index contributed by atoms with van der Waals surface area (Å²) < 4.78 is 39.1. The minimum absolute atomic E-state index is 0.240. The van der Waals surface area contributed by atoms with Crippen molar-refractivity contribution in [3.8, 4) is 5.75 Å². The molecule has 210 valence electrons. The number of fused-ring (bicyclic) bond motifs is 3. The van der Waals surface area contributed by atoms with Gasteiger partial charge in [0.1, 0.15) is 24.0 Å². The fraction of sp³-hybridized carbons (Fsp3) is 0.519. The lowest BCUT2D eigenvalue weighted by molar-refractivity contribution is -0.288. The first-order valence-corrected chi connectivity index (χ1v) is 12.5. The summed E-state index contributed by atoms with van der Waals surface area (Å²) in [5.41, 5.74) is 2.07. The van der Waals surface area contributed by atoms with E-state index in [2.05, 4.69) is 0 Å². The number of aryl methyl sites for hydroxylation is 2. The van der Waals surface area contributed by atoms with Crippen molar-refractivity contribution in [1.29, 1.82) is 0 Å². The number of benzene rings is 1. The summed E-state index contributed by atoms with van der Waals surface area (Å²) in [5, 5.41) is 0.800. The number of esters is 4. The maximum atomic E-state index is 12.6. The highest BCUT2D eigenvalue weighted by Crippen LogP contribution is 2.36. The monoisotopic (exact) mass is 546 g/mol. The van der Waals surface area contributed by atoms with E-state index in [0.717, 1.165) is 44.6 Å². The summed E-state index contributed by atoms with van der Waals surface area (Å²) in [4.78, 5) is 60.1. The Morgan fingerprint density at radius 1 is 0.846 bits per heavy atom. The third kappa shape index (κ3) is 6.06. The largest absolute Gasteiger partial charge is 0.463 e. The summed E-state index contributed by atoms with van der Waals surface area (Å²) in [6, 6.07) is 3.44. The van der Waals surface area contributed by atoms with Crippen molar-refractivity contribution in [3.63, 3.8) is 0 Å². The zero-order valence-electron chi connectivity index (χ0n) is 22.3. The van der Waals surface area contributed by atoms with Crippen LogP contribution in [0.4, 0.5) is 0 Å². The average molecular weight is 547 g/mol. The van der Waals surface area contributed by atoms with Crippen LogP contribution in [0.1, 0.15) is 50.8 Å². The van der Waals surface area contributed by atoms with Crippen molar-refractivity contribution in [3.05, 3.63) is 39.2 Å². The van der Waals surface area contributed by atoms with Gasteiger partial charge in [0.2, 0.25) is 12.4 Å².